The van der Waals surface area contributed by atoms with Crippen LogP contribution >= 0.6 is 0 Å². The minimum absolute atomic E-state index is 0.648. The number of hydrogen-bond donors (Lipinski definition) is 1. The highest BCUT2D eigenvalue weighted by atomic mass is 16.5. The molecule has 0 atom stereocenters. The van der Waals surface area contributed by atoms with E-state index in [1.54, 1.807) is 7.11 Å². The first-order chi connectivity index (χ1) is 8.86. The molecule has 2 aromatic rings. The van der Waals surface area contributed by atoms with Gasteiger partial charge in [-0.15, -0.1) is 0 Å². The number of nitrogens with zero attached hydrogens (tertiary/aromatic N) is 1. The van der Waals surface area contributed by atoms with Gasteiger partial charge in [-0.25, -0.2) is 0 Å². The van der Waals surface area contributed by atoms with Crippen LogP contribution in [-0.2, 0) is 0 Å². The third kappa shape index (κ3) is 2.18. The second-order valence-corrected chi connectivity index (χ2v) is 4.85. The van der Waals surface area contributed by atoms with Gasteiger partial charge in [-0.3, -0.25) is 4.98 Å². The average molecular weight is 242 g/mol. The predicted octanol–water partition coefficient (Wildman–Crippen LogP) is 2.71. The summed E-state index contributed by atoms with van der Waals surface area (Å²) in [6, 6.07) is 8.30. The van der Waals surface area contributed by atoms with Crippen molar-refractivity contribution >= 4 is 10.9 Å². The van der Waals surface area contributed by atoms with Crippen molar-refractivity contribution in [2.24, 2.45) is 0 Å². The van der Waals surface area contributed by atoms with E-state index in [4.69, 9.17) is 4.74 Å². The second kappa shape index (κ2) is 4.94. The zero-order chi connectivity index (χ0) is 12.4. The van der Waals surface area contributed by atoms with E-state index in [9.17, 15) is 0 Å². The van der Waals surface area contributed by atoms with Crippen molar-refractivity contribution in [1.82, 2.24) is 10.3 Å². The van der Waals surface area contributed by atoms with Crippen LogP contribution in [0.5, 0.6) is 5.75 Å². The molecule has 1 saturated heterocycles. The lowest BCUT2D eigenvalue weighted by molar-refractivity contribution is 0.415. The van der Waals surface area contributed by atoms with Crippen LogP contribution in [0.1, 0.15) is 24.3 Å². The topological polar surface area (TPSA) is 34.1 Å². The monoisotopic (exact) mass is 242 g/mol. The molecule has 3 rings (SSSR count). The normalized spacial score (nSPS) is 16.9. The van der Waals surface area contributed by atoms with E-state index >= 15 is 0 Å². The number of nitrogens with one attached hydrogen (secondary N) is 1. The summed E-state index contributed by atoms with van der Waals surface area (Å²) in [5.74, 6) is 1.54. The number of methoxy groups -OCH3 is 1. The van der Waals surface area contributed by atoms with E-state index in [1.807, 2.05) is 18.3 Å². The Labute approximate surface area is 107 Å². The molecular weight excluding hydrogens is 224 g/mol. The maximum absolute atomic E-state index is 5.27. The Morgan fingerprint density at radius 2 is 2.06 bits per heavy atom. The summed E-state index contributed by atoms with van der Waals surface area (Å²) >= 11 is 0. The third-order valence-corrected chi connectivity index (χ3v) is 3.72. The van der Waals surface area contributed by atoms with Crippen LogP contribution in [0.2, 0.25) is 0 Å². The van der Waals surface area contributed by atoms with Crippen LogP contribution in [-0.4, -0.2) is 25.2 Å². The molecule has 3 heteroatoms. The molecular formula is C15H18N2O. The minimum atomic E-state index is 0.648. The molecule has 0 saturated carbocycles. The Morgan fingerprint density at radius 1 is 1.22 bits per heavy atom. The number of ether oxygens (including phenoxy) is 1. The first-order valence-corrected chi connectivity index (χ1v) is 6.51. The molecule has 1 fully saturated rings. The van der Waals surface area contributed by atoms with Gasteiger partial charge in [-0.05, 0) is 61.7 Å². The fourth-order valence-electron chi connectivity index (χ4n) is 2.63. The first-order valence-electron chi connectivity index (χ1n) is 6.51. The van der Waals surface area contributed by atoms with E-state index in [-0.39, 0.29) is 0 Å². The van der Waals surface area contributed by atoms with Gasteiger partial charge in [0.15, 0.2) is 0 Å². The standard InChI is InChI=1S/C15H18N2O/c1-18-14-2-3-15-12(9-14)8-13(10-17-15)11-4-6-16-7-5-11/h2-3,8-11,16H,4-7H2,1H3. The maximum Gasteiger partial charge on any atom is 0.119 e. The summed E-state index contributed by atoms with van der Waals surface area (Å²) in [4.78, 5) is 4.56. The number of aromatic nitrogens is 1. The van der Waals surface area contributed by atoms with Crippen molar-refractivity contribution in [3.8, 4) is 5.75 Å². The number of hydrogen-bond acceptors (Lipinski definition) is 3. The largest absolute Gasteiger partial charge is 0.497 e. The molecule has 0 bridgehead atoms. The van der Waals surface area contributed by atoms with Crippen molar-refractivity contribution in [3.05, 3.63) is 36.0 Å². The highest BCUT2D eigenvalue weighted by molar-refractivity contribution is 5.80. The molecule has 3 nitrogen and oxygen atoms in total. The lowest BCUT2D eigenvalue weighted by Gasteiger charge is -2.22. The summed E-state index contributed by atoms with van der Waals surface area (Å²) in [5.41, 5.74) is 2.39. The van der Waals surface area contributed by atoms with Crippen LogP contribution in [0, 0.1) is 0 Å². The van der Waals surface area contributed by atoms with Crippen molar-refractivity contribution in [1.29, 1.82) is 0 Å². The van der Waals surface area contributed by atoms with E-state index in [2.05, 4.69) is 22.4 Å². The number of rotatable bonds is 2. The molecule has 18 heavy (non-hydrogen) atoms. The van der Waals surface area contributed by atoms with Crippen LogP contribution in [0.25, 0.3) is 10.9 Å². The molecule has 1 aliphatic rings. The van der Waals surface area contributed by atoms with Crippen molar-refractivity contribution < 1.29 is 4.74 Å². The number of benzene rings is 1. The summed E-state index contributed by atoms with van der Waals surface area (Å²) in [6.45, 7) is 2.22. The highest BCUT2D eigenvalue weighted by Crippen LogP contribution is 2.28. The van der Waals surface area contributed by atoms with Gasteiger partial charge in [0.1, 0.15) is 5.75 Å². The second-order valence-electron chi connectivity index (χ2n) is 4.85. The lowest BCUT2D eigenvalue weighted by Crippen LogP contribution is -2.26. The zero-order valence-corrected chi connectivity index (χ0v) is 10.6. The molecule has 0 radical (unpaired) electrons. The molecule has 0 unspecified atom stereocenters. The number of pyridine rings is 1. The maximum atomic E-state index is 5.27. The molecule has 94 valence electrons. The van der Waals surface area contributed by atoms with Gasteiger partial charge < -0.3 is 10.1 Å². The van der Waals surface area contributed by atoms with Crippen LogP contribution in [0.3, 0.4) is 0 Å². The van der Waals surface area contributed by atoms with Gasteiger partial charge in [0, 0.05) is 11.6 Å². The van der Waals surface area contributed by atoms with Gasteiger partial charge in [0.2, 0.25) is 0 Å². The Bertz CT molecular complexity index is 547. The molecule has 2 heterocycles. The Morgan fingerprint density at radius 3 is 2.83 bits per heavy atom. The van der Waals surface area contributed by atoms with E-state index in [0.29, 0.717) is 5.92 Å². The number of piperidine rings is 1. The average Bonchev–Trinajstić information content (AvgIpc) is 2.47. The summed E-state index contributed by atoms with van der Waals surface area (Å²) in [7, 11) is 1.70. The fourth-order valence-corrected chi connectivity index (χ4v) is 2.63. The zero-order valence-electron chi connectivity index (χ0n) is 10.6. The molecule has 1 aliphatic heterocycles. The molecule has 0 spiro atoms. The highest BCUT2D eigenvalue weighted by Gasteiger charge is 2.15. The predicted molar refractivity (Wildman–Crippen MR) is 73.1 cm³/mol. The van der Waals surface area contributed by atoms with Crippen LogP contribution < -0.4 is 10.1 Å². The molecule has 0 amide bonds. The Hall–Kier alpha value is -1.61. The fraction of sp³-hybridized carbons (Fsp3) is 0.400. The Balaban J connectivity index is 1.97. The summed E-state index contributed by atoms with van der Waals surface area (Å²) in [5, 5.41) is 4.57. The molecule has 0 aliphatic carbocycles. The van der Waals surface area contributed by atoms with Crippen molar-refractivity contribution in [2.45, 2.75) is 18.8 Å². The van der Waals surface area contributed by atoms with Gasteiger partial charge in [0.05, 0.1) is 12.6 Å². The lowest BCUT2D eigenvalue weighted by atomic mass is 9.91. The first kappa shape index (κ1) is 11.5. The summed E-state index contributed by atoms with van der Waals surface area (Å²) < 4.78 is 5.27. The quantitative estimate of drug-likeness (QED) is 0.879. The van der Waals surface area contributed by atoms with Crippen molar-refractivity contribution in [3.63, 3.8) is 0 Å². The van der Waals surface area contributed by atoms with E-state index < -0.39 is 0 Å². The Kier molecular flexibility index (Phi) is 3.15. The molecule has 1 aromatic carbocycles. The van der Waals surface area contributed by atoms with Gasteiger partial charge in [-0.1, -0.05) is 0 Å². The van der Waals surface area contributed by atoms with Gasteiger partial charge >= 0.3 is 0 Å². The summed E-state index contributed by atoms with van der Waals surface area (Å²) in [6.07, 6.45) is 4.44. The van der Waals surface area contributed by atoms with E-state index in [0.717, 1.165) is 24.4 Å². The SMILES string of the molecule is COc1ccc2ncc(C3CCNCC3)cc2c1. The van der Waals surface area contributed by atoms with Gasteiger partial charge in [-0.2, -0.15) is 0 Å². The van der Waals surface area contributed by atoms with Crippen LogP contribution in [0.15, 0.2) is 30.5 Å². The molecule has 1 aromatic heterocycles. The van der Waals surface area contributed by atoms with Crippen LogP contribution in [0.4, 0.5) is 0 Å². The third-order valence-electron chi connectivity index (χ3n) is 3.72. The van der Waals surface area contributed by atoms with Crippen molar-refractivity contribution in [2.75, 3.05) is 20.2 Å². The minimum Gasteiger partial charge on any atom is -0.497 e. The number of fused-ring (bicyclic) bond motifs is 1. The molecule has 1 N–H and O–H groups in total. The van der Waals surface area contributed by atoms with E-state index in [1.165, 1.54) is 23.8 Å². The smallest absolute Gasteiger partial charge is 0.119 e. The van der Waals surface area contributed by atoms with Gasteiger partial charge in [0.25, 0.3) is 0 Å².